The number of aliphatic hydroxyl groups is 2. The molecule has 0 spiro atoms. The molecule has 1 saturated heterocycles. The number of benzene rings is 2. The van der Waals surface area contributed by atoms with Crippen LogP contribution in [0.4, 0.5) is 11.4 Å². The molecule has 0 radical (unpaired) electrons. The maximum absolute atomic E-state index is 12.9. The number of nitrogens with zero attached hydrogens (tertiary/aromatic N) is 2. The van der Waals surface area contributed by atoms with Crippen molar-refractivity contribution in [2.24, 2.45) is 0 Å². The van der Waals surface area contributed by atoms with Crippen LogP contribution in [0, 0.1) is 6.92 Å². The van der Waals surface area contributed by atoms with Crippen LogP contribution in [0.5, 0.6) is 0 Å². The molecule has 5 rings (SSSR count). The molecule has 10 heteroatoms. The predicted octanol–water partition coefficient (Wildman–Crippen LogP) is 3.30. The van der Waals surface area contributed by atoms with E-state index in [1.54, 1.807) is 12.3 Å². The lowest BCUT2D eigenvalue weighted by Crippen LogP contribution is -2.51. The van der Waals surface area contributed by atoms with Crippen molar-refractivity contribution in [3.8, 4) is 11.4 Å². The number of hydrogen-bond acceptors (Lipinski definition) is 7. The molecule has 2 atom stereocenters. The molecule has 1 aliphatic rings. The quantitative estimate of drug-likeness (QED) is 0.193. The number of anilines is 2. The van der Waals surface area contributed by atoms with Gasteiger partial charge in [-0.05, 0) is 54.8 Å². The van der Waals surface area contributed by atoms with Crippen LogP contribution in [-0.4, -0.2) is 64.0 Å². The van der Waals surface area contributed by atoms with Gasteiger partial charge in [0.25, 0.3) is 5.56 Å². The molecule has 0 saturated carbocycles. The Balaban J connectivity index is 1.43. The van der Waals surface area contributed by atoms with E-state index in [0.717, 1.165) is 58.4 Å². The van der Waals surface area contributed by atoms with E-state index >= 15 is 0 Å². The zero-order valence-electron chi connectivity index (χ0n) is 20.6. The first kappa shape index (κ1) is 25.5. The highest BCUT2D eigenvalue weighted by Gasteiger charge is 2.21. The van der Waals surface area contributed by atoms with Gasteiger partial charge < -0.3 is 35.7 Å². The molecule has 1 unspecified atom stereocenters. The molecule has 0 aliphatic carbocycles. The first-order valence-electron chi connectivity index (χ1n) is 12.4. The summed E-state index contributed by atoms with van der Waals surface area (Å²) in [5, 5.41) is 26.7. The number of aromatic nitrogens is 3. The van der Waals surface area contributed by atoms with Gasteiger partial charge in [0.1, 0.15) is 11.4 Å². The predicted molar refractivity (Wildman–Crippen MR) is 150 cm³/mol. The van der Waals surface area contributed by atoms with E-state index in [4.69, 9.17) is 4.98 Å². The van der Waals surface area contributed by atoms with Crippen molar-refractivity contribution in [2.45, 2.75) is 25.5 Å². The minimum Gasteiger partial charge on any atom is -0.396 e. The van der Waals surface area contributed by atoms with E-state index in [2.05, 4.69) is 53.6 Å². The Labute approximate surface area is 223 Å². The van der Waals surface area contributed by atoms with Crippen LogP contribution in [-0.2, 0) is 0 Å². The highest BCUT2D eigenvalue weighted by Crippen LogP contribution is 2.30. The molecule has 0 amide bonds. The number of imidazole rings is 1. The standard InChI is InChI=1S/C27H31BrN6O3/c1-16-11-20(34-9-8-29-19(15-34)6-10-35)13-22-25(16)33-26(32-22)24-21(5-7-30-27(24)37)31-14-23(36)17-3-2-4-18(28)12-17/h2-5,7,11-13,19,23,29,35-36H,6,8-10,14-15H2,1H3,(H,32,33)(H2,30,31,37)/t19-,23?/m0/s1. The summed E-state index contributed by atoms with van der Waals surface area (Å²) in [6.07, 6.45) is 1.55. The highest BCUT2D eigenvalue weighted by atomic mass is 79.9. The van der Waals surface area contributed by atoms with Gasteiger partial charge in [-0.15, -0.1) is 0 Å². The zero-order chi connectivity index (χ0) is 25.9. The van der Waals surface area contributed by atoms with Gasteiger partial charge in [0.2, 0.25) is 0 Å². The van der Waals surface area contributed by atoms with Gasteiger partial charge in [0.15, 0.2) is 0 Å². The molecule has 0 bridgehead atoms. The van der Waals surface area contributed by atoms with E-state index in [-0.39, 0.29) is 24.8 Å². The van der Waals surface area contributed by atoms with Crippen LogP contribution in [0.2, 0.25) is 0 Å². The smallest absolute Gasteiger partial charge is 0.261 e. The number of hydrogen-bond donors (Lipinski definition) is 6. The fourth-order valence-corrected chi connectivity index (χ4v) is 5.30. The number of aliphatic hydroxyl groups excluding tert-OH is 2. The minimum absolute atomic E-state index is 0.162. The molecule has 2 aromatic heterocycles. The Hall–Kier alpha value is -3.18. The van der Waals surface area contributed by atoms with E-state index < -0.39 is 6.10 Å². The first-order chi connectivity index (χ1) is 17.9. The number of aromatic amines is 2. The van der Waals surface area contributed by atoms with Gasteiger partial charge in [0, 0.05) is 55.2 Å². The zero-order valence-corrected chi connectivity index (χ0v) is 22.2. The third-order valence-corrected chi connectivity index (χ3v) is 7.27. The molecule has 1 fully saturated rings. The van der Waals surface area contributed by atoms with Gasteiger partial charge in [-0.1, -0.05) is 28.1 Å². The van der Waals surface area contributed by atoms with E-state index in [0.29, 0.717) is 17.1 Å². The average Bonchev–Trinajstić information content (AvgIpc) is 3.32. The summed E-state index contributed by atoms with van der Waals surface area (Å²) < 4.78 is 0.891. The monoisotopic (exact) mass is 566 g/mol. The Kier molecular flexibility index (Phi) is 7.61. The fourth-order valence-electron chi connectivity index (χ4n) is 4.88. The number of H-pyrrole nitrogens is 2. The topological polar surface area (TPSA) is 129 Å². The number of aryl methyl sites for hydroxylation is 1. The maximum atomic E-state index is 12.9. The van der Waals surface area contributed by atoms with Crippen LogP contribution < -0.4 is 21.1 Å². The van der Waals surface area contributed by atoms with E-state index in [9.17, 15) is 15.0 Å². The molecule has 6 N–H and O–H groups in total. The van der Waals surface area contributed by atoms with Crippen molar-refractivity contribution in [1.82, 2.24) is 20.3 Å². The fraction of sp³-hybridized carbons (Fsp3) is 0.333. The summed E-state index contributed by atoms with van der Waals surface area (Å²) in [5.41, 5.74) is 5.24. The lowest BCUT2D eigenvalue weighted by molar-refractivity contribution is 0.191. The molecule has 1 aliphatic heterocycles. The number of pyridine rings is 1. The molecule has 3 heterocycles. The Morgan fingerprint density at radius 3 is 2.95 bits per heavy atom. The van der Waals surface area contributed by atoms with Crippen LogP contribution in [0.15, 0.2) is 57.9 Å². The second-order valence-electron chi connectivity index (χ2n) is 9.40. The van der Waals surface area contributed by atoms with Crippen molar-refractivity contribution >= 4 is 38.3 Å². The Bertz CT molecular complexity index is 1450. The van der Waals surface area contributed by atoms with Gasteiger partial charge in [-0.3, -0.25) is 4.79 Å². The molecule has 4 aromatic rings. The van der Waals surface area contributed by atoms with Crippen molar-refractivity contribution in [3.63, 3.8) is 0 Å². The van der Waals surface area contributed by atoms with Crippen LogP contribution in [0.3, 0.4) is 0 Å². The average molecular weight is 567 g/mol. The lowest BCUT2D eigenvalue weighted by atomic mass is 10.1. The summed E-state index contributed by atoms with van der Waals surface area (Å²) in [5.74, 6) is 0.468. The number of halogens is 1. The molecular formula is C27H31BrN6O3. The highest BCUT2D eigenvalue weighted by molar-refractivity contribution is 9.10. The number of nitrogens with one attached hydrogen (secondary N) is 4. The van der Waals surface area contributed by atoms with Crippen LogP contribution in [0.25, 0.3) is 22.4 Å². The maximum Gasteiger partial charge on any atom is 0.261 e. The van der Waals surface area contributed by atoms with Crippen molar-refractivity contribution in [3.05, 3.63) is 74.6 Å². The first-order valence-corrected chi connectivity index (χ1v) is 13.2. The summed E-state index contributed by atoms with van der Waals surface area (Å²) >= 11 is 3.44. The second-order valence-corrected chi connectivity index (χ2v) is 10.3. The lowest BCUT2D eigenvalue weighted by Gasteiger charge is -2.35. The normalized spacial score (nSPS) is 16.8. The van der Waals surface area contributed by atoms with Crippen LogP contribution >= 0.6 is 15.9 Å². The summed E-state index contributed by atoms with van der Waals surface area (Å²) in [6, 6.07) is 13.7. The van der Waals surface area contributed by atoms with Crippen molar-refractivity contribution in [2.75, 3.05) is 43.0 Å². The van der Waals surface area contributed by atoms with Crippen molar-refractivity contribution < 1.29 is 10.2 Å². The minimum atomic E-state index is -0.751. The van der Waals surface area contributed by atoms with Gasteiger partial charge in [-0.2, -0.15) is 0 Å². The molecule has 9 nitrogen and oxygen atoms in total. The van der Waals surface area contributed by atoms with Crippen molar-refractivity contribution in [1.29, 1.82) is 0 Å². The molecular weight excluding hydrogens is 536 g/mol. The number of fused-ring (bicyclic) bond motifs is 1. The summed E-state index contributed by atoms with van der Waals surface area (Å²) in [6.45, 7) is 4.96. The Morgan fingerprint density at radius 1 is 1.27 bits per heavy atom. The van der Waals surface area contributed by atoms with Gasteiger partial charge in [0.05, 0.1) is 22.8 Å². The SMILES string of the molecule is Cc1cc(N2CCN[C@@H](CCO)C2)cc2[nH]c(-c3c(NCC(O)c4cccc(Br)c4)cc[nH]c3=O)nc12. The summed E-state index contributed by atoms with van der Waals surface area (Å²) in [4.78, 5) is 26.1. The number of rotatable bonds is 8. The molecule has 37 heavy (non-hydrogen) atoms. The Morgan fingerprint density at radius 2 is 2.14 bits per heavy atom. The van der Waals surface area contributed by atoms with E-state index in [1.807, 2.05) is 31.2 Å². The van der Waals surface area contributed by atoms with Crippen LogP contribution in [0.1, 0.15) is 23.7 Å². The third kappa shape index (κ3) is 5.57. The molecule has 2 aromatic carbocycles. The van der Waals surface area contributed by atoms with Gasteiger partial charge >= 0.3 is 0 Å². The largest absolute Gasteiger partial charge is 0.396 e. The molecule has 194 valence electrons. The second kappa shape index (κ2) is 11.1. The summed E-state index contributed by atoms with van der Waals surface area (Å²) in [7, 11) is 0. The number of piperazine rings is 1. The van der Waals surface area contributed by atoms with E-state index in [1.165, 1.54) is 0 Å². The third-order valence-electron chi connectivity index (χ3n) is 6.78. The van der Waals surface area contributed by atoms with Gasteiger partial charge in [-0.25, -0.2) is 4.98 Å².